The molecule has 1 aromatic rings. The number of fused-ring (bicyclic) bond motifs is 1. The number of amides is 1. The highest BCUT2D eigenvalue weighted by molar-refractivity contribution is 5.75. The third-order valence-electron chi connectivity index (χ3n) is 3.73. The summed E-state index contributed by atoms with van der Waals surface area (Å²) in [5.41, 5.74) is 9.80. The molecule has 1 unspecified atom stereocenters. The standard InChI is InChI=1S/C15H23N3O/c1-11(16)12-5-6-14-13(10-12)7-9-18(14)8-3-4-15(19)17-2/h5-6,10-11H,3-4,7-9,16H2,1-2H3,(H,17,19). The Kier molecular flexibility index (Phi) is 4.43. The van der Waals surface area contributed by atoms with Gasteiger partial charge in [-0.1, -0.05) is 12.1 Å². The molecule has 0 aromatic heterocycles. The third kappa shape index (κ3) is 3.26. The molecule has 0 saturated heterocycles. The second-order valence-electron chi connectivity index (χ2n) is 5.19. The van der Waals surface area contributed by atoms with E-state index in [4.69, 9.17) is 5.73 Å². The maximum absolute atomic E-state index is 11.2. The summed E-state index contributed by atoms with van der Waals surface area (Å²) in [6.07, 6.45) is 2.57. The lowest BCUT2D eigenvalue weighted by Crippen LogP contribution is -2.24. The lowest BCUT2D eigenvalue weighted by atomic mass is 10.0. The summed E-state index contributed by atoms with van der Waals surface area (Å²) in [6, 6.07) is 6.59. The highest BCUT2D eigenvalue weighted by atomic mass is 16.1. The van der Waals surface area contributed by atoms with Gasteiger partial charge in [0.25, 0.3) is 0 Å². The normalized spacial score (nSPS) is 15.2. The van der Waals surface area contributed by atoms with Gasteiger partial charge in [0.05, 0.1) is 0 Å². The van der Waals surface area contributed by atoms with Gasteiger partial charge in [-0.3, -0.25) is 4.79 Å². The van der Waals surface area contributed by atoms with Crippen LogP contribution in [0.25, 0.3) is 0 Å². The highest BCUT2D eigenvalue weighted by Gasteiger charge is 2.19. The van der Waals surface area contributed by atoms with E-state index in [0.29, 0.717) is 6.42 Å². The van der Waals surface area contributed by atoms with Crippen LogP contribution in [0.2, 0.25) is 0 Å². The van der Waals surface area contributed by atoms with Crippen molar-refractivity contribution in [2.24, 2.45) is 5.73 Å². The molecule has 1 atom stereocenters. The second-order valence-corrected chi connectivity index (χ2v) is 5.19. The molecule has 0 spiro atoms. The van der Waals surface area contributed by atoms with E-state index >= 15 is 0 Å². The molecule has 1 amide bonds. The second kappa shape index (κ2) is 6.06. The molecule has 0 fully saturated rings. The van der Waals surface area contributed by atoms with Gasteiger partial charge in [-0.2, -0.15) is 0 Å². The van der Waals surface area contributed by atoms with E-state index in [0.717, 1.165) is 25.9 Å². The maximum atomic E-state index is 11.2. The Bertz CT molecular complexity index is 457. The largest absolute Gasteiger partial charge is 0.371 e. The van der Waals surface area contributed by atoms with Crippen molar-refractivity contribution in [1.29, 1.82) is 0 Å². The zero-order valence-corrected chi connectivity index (χ0v) is 11.8. The smallest absolute Gasteiger partial charge is 0.219 e. The van der Waals surface area contributed by atoms with Crippen molar-refractivity contribution in [3.63, 3.8) is 0 Å². The molecule has 4 heteroatoms. The average molecular weight is 261 g/mol. The number of hydrogen-bond acceptors (Lipinski definition) is 3. The summed E-state index contributed by atoms with van der Waals surface area (Å²) in [5.74, 6) is 0.117. The summed E-state index contributed by atoms with van der Waals surface area (Å²) < 4.78 is 0. The van der Waals surface area contributed by atoms with Crippen LogP contribution < -0.4 is 16.0 Å². The maximum Gasteiger partial charge on any atom is 0.219 e. The van der Waals surface area contributed by atoms with Crippen LogP contribution in [0, 0.1) is 0 Å². The minimum atomic E-state index is 0.0904. The van der Waals surface area contributed by atoms with Gasteiger partial charge in [0.1, 0.15) is 0 Å². The van der Waals surface area contributed by atoms with Crippen molar-refractivity contribution in [3.8, 4) is 0 Å². The van der Waals surface area contributed by atoms with Crippen molar-refractivity contribution in [3.05, 3.63) is 29.3 Å². The number of carbonyl (C=O) groups is 1. The first kappa shape index (κ1) is 13.9. The molecule has 19 heavy (non-hydrogen) atoms. The predicted octanol–water partition coefficient (Wildman–Crippen LogP) is 1.59. The van der Waals surface area contributed by atoms with E-state index in [2.05, 4.69) is 28.4 Å². The Morgan fingerprint density at radius 1 is 1.53 bits per heavy atom. The molecule has 0 radical (unpaired) electrons. The molecule has 1 aliphatic rings. The van der Waals surface area contributed by atoms with Gasteiger partial charge in [-0.05, 0) is 37.0 Å². The summed E-state index contributed by atoms with van der Waals surface area (Å²) in [7, 11) is 1.68. The van der Waals surface area contributed by atoms with Crippen LogP contribution >= 0.6 is 0 Å². The highest BCUT2D eigenvalue weighted by Crippen LogP contribution is 2.30. The molecule has 1 aromatic carbocycles. The van der Waals surface area contributed by atoms with Gasteiger partial charge < -0.3 is 16.0 Å². The summed E-state index contributed by atoms with van der Waals surface area (Å²) >= 11 is 0. The molecule has 0 aliphatic carbocycles. The van der Waals surface area contributed by atoms with Crippen LogP contribution in [0.3, 0.4) is 0 Å². The number of anilines is 1. The number of nitrogens with zero attached hydrogens (tertiary/aromatic N) is 1. The van der Waals surface area contributed by atoms with Gasteiger partial charge >= 0.3 is 0 Å². The molecule has 0 bridgehead atoms. The van der Waals surface area contributed by atoms with Crippen molar-refractivity contribution in [1.82, 2.24) is 5.32 Å². The van der Waals surface area contributed by atoms with Gasteiger partial charge in [-0.25, -0.2) is 0 Å². The Hall–Kier alpha value is -1.55. The minimum Gasteiger partial charge on any atom is -0.371 e. The van der Waals surface area contributed by atoms with Gasteiger partial charge in [-0.15, -0.1) is 0 Å². The Labute approximate surface area is 115 Å². The van der Waals surface area contributed by atoms with Crippen molar-refractivity contribution in [2.45, 2.75) is 32.2 Å². The summed E-state index contributed by atoms with van der Waals surface area (Å²) in [4.78, 5) is 13.6. The topological polar surface area (TPSA) is 58.4 Å². The van der Waals surface area contributed by atoms with Crippen LogP contribution in [-0.4, -0.2) is 26.0 Å². The molecular formula is C15H23N3O. The van der Waals surface area contributed by atoms with Crippen molar-refractivity contribution in [2.75, 3.05) is 25.0 Å². The van der Waals surface area contributed by atoms with Crippen molar-refractivity contribution < 1.29 is 4.79 Å². The van der Waals surface area contributed by atoms with E-state index in [1.165, 1.54) is 16.8 Å². The quantitative estimate of drug-likeness (QED) is 0.846. The predicted molar refractivity (Wildman–Crippen MR) is 78.3 cm³/mol. The number of hydrogen-bond donors (Lipinski definition) is 2. The van der Waals surface area contributed by atoms with Gasteiger partial charge in [0, 0.05) is 38.3 Å². The molecule has 1 heterocycles. The van der Waals surface area contributed by atoms with Gasteiger partial charge in [0.2, 0.25) is 5.91 Å². The lowest BCUT2D eigenvalue weighted by Gasteiger charge is -2.19. The number of nitrogens with two attached hydrogens (primary N) is 1. The van der Waals surface area contributed by atoms with Crippen LogP contribution in [0.5, 0.6) is 0 Å². The summed E-state index contributed by atoms with van der Waals surface area (Å²) in [6.45, 7) is 4.00. The monoisotopic (exact) mass is 261 g/mol. The molecule has 2 rings (SSSR count). The Morgan fingerprint density at radius 2 is 2.32 bits per heavy atom. The van der Waals surface area contributed by atoms with E-state index in [-0.39, 0.29) is 11.9 Å². The van der Waals surface area contributed by atoms with E-state index in [1.54, 1.807) is 7.05 Å². The van der Waals surface area contributed by atoms with E-state index < -0.39 is 0 Å². The van der Waals surface area contributed by atoms with Crippen LogP contribution in [0.15, 0.2) is 18.2 Å². The summed E-state index contributed by atoms with van der Waals surface area (Å²) in [5, 5.41) is 2.66. The number of benzene rings is 1. The number of rotatable bonds is 5. The molecule has 4 nitrogen and oxygen atoms in total. The SMILES string of the molecule is CNC(=O)CCCN1CCc2cc(C(C)N)ccc21. The first-order chi connectivity index (χ1) is 9.11. The lowest BCUT2D eigenvalue weighted by molar-refractivity contribution is -0.120. The molecule has 3 N–H and O–H groups in total. The van der Waals surface area contributed by atoms with Crippen LogP contribution in [-0.2, 0) is 11.2 Å². The number of carbonyl (C=O) groups excluding carboxylic acids is 1. The van der Waals surface area contributed by atoms with Crippen LogP contribution in [0.1, 0.15) is 36.9 Å². The Morgan fingerprint density at radius 3 is 3.00 bits per heavy atom. The zero-order valence-electron chi connectivity index (χ0n) is 11.8. The van der Waals surface area contributed by atoms with E-state index in [1.807, 2.05) is 6.92 Å². The fraction of sp³-hybridized carbons (Fsp3) is 0.533. The number of nitrogens with one attached hydrogen (secondary N) is 1. The molecule has 1 aliphatic heterocycles. The molecule has 0 saturated carbocycles. The third-order valence-corrected chi connectivity index (χ3v) is 3.73. The minimum absolute atomic E-state index is 0.0904. The zero-order chi connectivity index (χ0) is 13.8. The Balaban J connectivity index is 1.96. The molecule has 104 valence electrons. The fourth-order valence-corrected chi connectivity index (χ4v) is 2.56. The first-order valence-corrected chi connectivity index (χ1v) is 6.95. The first-order valence-electron chi connectivity index (χ1n) is 6.95. The van der Waals surface area contributed by atoms with Gasteiger partial charge in [0.15, 0.2) is 0 Å². The molecular weight excluding hydrogens is 238 g/mol. The fourth-order valence-electron chi connectivity index (χ4n) is 2.56. The average Bonchev–Trinajstić information content (AvgIpc) is 2.81. The van der Waals surface area contributed by atoms with Crippen molar-refractivity contribution >= 4 is 11.6 Å². The van der Waals surface area contributed by atoms with Crippen LogP contribution in [0.4, 0.5) is 5.69 Å². The van der Waals surface area contributed by atoms with E-state index in [9.17, 15) is 4.79 Å².